The number of carbonyl (C=O) groups excluding carboxylic acids is 1. The van der Waals surface area contributed by atoms with E-state index in [1.165, 1.54) is 0 Å². The number of hydrogen-bond acceptors (Lipinski definition) is 7. The van der Waals surface area contributed by atoms with E-state index in [0.29, 0.717) is 12.4 Å². The molecule has 0 aromatic carbocycles. The van der Waals surface area contributed by atoms with E-state index in [2.05, 4.69) is 31.1 Å². The zero-order valence-electron chi connectivity index (χ0n) is 10.8. The molecule has 1 aliphatic rings. The number of amides is 1. The molecule has 0 aliphatic carbocycles. The number of nitrogens with one attached hydrogen (secondary N) is 2. The van der Waals surface area contributed by atoms with Gasteiger partial charge >= 0.3 is 6.01 Å². The van der Waals surface area contributed by atoms with E-state index >= 15 is 0 Å². The zero-order chi connectivity index (χ0) is 13.8. The molecule has 0 radical (unpaired) electrons. The lowest BCUT2D eigenvalue weighted by Crippen LogP contribution is -2.15. The fraction of sp³-hybridized carbons (Fsp3) is 0.545. The second kappa shape index (κ2) is 5.78. The molecule has 2 N–H and O–H groups in total. The molecular formula is C11H15N7O2. The van der Waals surface area contributed by atoms with E-state index in [1.54, 1.807) is 17.1 Å². The van der Waals surface area contributed by atoms with Crippen LogP contribution in [0.1, 0.15) is 31.2 Å². The summed E-state index contributed by atoms with van der Waals surface area (Å²) in [7, 11) is 0. The summed E-state index contributed by atoms with van der Waals surface area (Å²) < 4.78 is 7.01. The van der Waals surface area contributed by atoms with Crippen molar-refractivity contribution in [2.24, 2.45) is 0 Å². The maximum Gasteiger partial charge on any atom is 0.322 e. The fourth-order valence-corrected chi connectivity index (χ4v) is 2.07. The molecule has 0 spiro atoms. The third kappa shape index (κ3) is 2.99. The van der Waals surface area contributed by atoms with Crippen molar-refractivity contribution in [1.82, 2.24) is 30.5 Å². The number of rotatable bonds is 5. The third-order valence-electron chi connectivity index (χ3n) is 3.09. The molecule has 1 saturated heterocycles. The van der Waals surface area contributed by atoms with Crippen molar-refractivity contribution in [3.8, 4) is 0 Å². The van der Waals surface area contributed by atoms with Crippen molar-refractivity contribution < 1.29 is 9.21 Å². The van der Waals surface area contributed by atoms with Crippen LogP contribution in [0.25, 0.3) is 0 Å². The number of carbonyl (C=O) groups is 1. The number of aromatic nitrogens is 5. The van der Waals surface area contributed by atoms with Crippen molar-refractivity contribution in [3.63, 3.8) is 0 Å². The molecule has 3 rings (SSSR count). The minimum absolute atomic E-state index is 0.100. The van der Waals surface area contributed by atoms with E-state index in [0.717, 1.165) is 19.4 Å². The van der Waals surface area contributed by atoms with Crippen LogP contribution in [0, 0.1) is 0 Å². The molecule has 2 aromatic heterocycles. The summed E-state index contributed by atoms with van der Waals surface area (Å²) in [5.74, 6) is 0.323. The van der Waals surface area contributed by atoms with Crippen molar-refractivity contribution >= 4 is 11.9 Å². The predicted octanol–water partition coefficient (Wildman–Crippen LogP) is 0.114. The van der Waals surface area contributed by atoms with Crippen LogP contribution in [0.2, 0.25) is 0 Å². The molecule has 9 heteroatoms. The minimum atomic E-state index is -0.199. The molecule has 1 unspecified atom stereocenters. The first-order valence-electron chi connectivity index (χ1n) is 6.52. The first-order valence-corrected chi connectivity index (χ1v) is 6.52. The molecule has 0 saturated carbocycles. The molecule has 0 bridgehead atoms. The molecule has 1 aliphatic heterocycles. The van der Waals surface area contributed by atoms with Gasteiger partial charge in [-0.15, -0.1) is 10.2 Å². The molecule has 9 nitrogen and oxygen atoms in total. The van der Waals surface area contributed by atoms with Gasteiger partial charge < -0.3 is 9.73 Å². The van der Waals surface area contributed by atoms with Crippen LogP contribution >= 0.6 is 0 Å². The highest BCUT2D eigenvalue weighted by molar-refractivity contribution is 5.88. The summed E-state index contributed by atoms with van der Waals surface area (Å²) in [6, 6.07) is 0.237. The van der Waals surface area contributed by atoms with Crippen LogP contribution in [0.15, 0.2) is 16.8 Å². The second-order valence-corrected chi connectivity index (χ2v) is 4.56. The Hall–Kier alpha value is -2.29. The fourth-order valence-electron chi connectivity index (χ4n) is 2.07. The van der Waals surface area contributed by atoms with Crippen LogP contribution in [-0.2, 0) is 11.3 Å². The van der Waals surface area contributed by atoms with Crippen molar-refractivity contribution in [2.75, 3.05) is 11.9 Å². The van der Waals surface area contributed by atoms with Gasteiger partial charge in [0.25, 0.3) is 0 Å². The summed E-state index contributed by atoms with van der Waals surface area (Å²) in [5, 5.41) is 21.0. The first kappa shape index (κ1) is 12.7. The van der Waals surface area contributed by atoms with Gasteiger partial charge in [-0.05, 0) is 19.4 Å². The van der Waals surface area contributed by atoms with Gasteiger partial charge in [-0.25, -0.2) is 0 Å². The Morgan fingerprint density at radius 3 is 3.25 bits per heavy atom. The molecule has 3 heterocycles. The molecule has 1 amide bonds. The minimum Gasteiger partial charge on any atom is -0.406 e. The maximum absolute atomic E-state index is 11.7. The van der Waals surface area contributed by atoms with Crippen LogP contribution in [0.5, 0.6) is 0 Å². The quantitative estimate of drug-likeness (QED) is 0.798. The smallest absolute Gasteiger partial charge is 0.322 e. The highest BCUT2D eigenvalue weighted by Crippen LogP contribution is 2.22. The molecule has 2 aromatic rings. The summed E-state index contributed by atoms with van der Waals surface area (Å²) >= 11 is 0. The SMILES string of the molecule is O=C(CCn1ccnn1)Nc1nnc(C2CCCN2)o1. The monoisotopic (exact) mass is 277 g/mol. The average Bonchev–Trinajstić information content (AvgIpc) is 3.18. The molecule has 1 atom stereocenters. The molecular weight excluding hydrogens is 262 g/mol. The normalized spacial score (nSPS) is 18.3. The Bertz CT molecular complexity index is 559. The van der Waals surface area contributed by atoms with Crippen molar-refractivity contribution in [2.45, 2.75) is 31.8 Å². The van der Waals surface area contributed by atoms with Gasteiger partial charge in [-0.2, -0.15) is 0 Å². The third-order valence-corrected chi connectivity index (χ3v) is 3.09. The highest BCUT2D eigenvalue weighted by Gasteiger charge is 2.22. The average molecular weight is 277 g/mol. The highest BCUT2D eigenvalue weighted by atomic mass is 16.4. The Kier molecular flexibility index (Phi) is 3.68. The van der Waals surface area contributed by atoms with Gasteiger partial charge in [0, 0.05) is 12.6 Å². The summed E-state index contributed by atoms with van der Waals surface area (Å²) in [4.78, 5) is 11.7. The number of anilines is 1. The van der Waals surface area contributed by atoms with Crippen LogP contribution in [0.3, 0.4) is 0 Å². The van der Waals surface area contributed by atoms with Crippen LogP contribution in [-0.4, -0.2) is 37.6 Å². The maximum atomic E-state index is 11.7. The van der Waals surface area contributed by atoms with Gasteiger partial charge in [0.05, 0.1) is 18.8 Å². The van der Waals surface area contributed by atoms with E-state index in [-0.39, 0.29) is 24.4 Å². The Balaban J connectivity index is 1.50. The standard InChI is InChI=1S/C11H15N7O2/c19-9(3-6-18-7-5-13-17-18)14-11-16-15-10(20-11)8-2-1-4-12-8/h5,7-8,12H,1-4,6H2,(H,14,16,19). The van der Waals surface area contributed by atoms with Gasteiger partial charge in [0.15, 0.2) is 0 Å². The largest absolute Gasteiger partial charge is 0.406 e. The van der Waals surface area contributed by atoms with E-state index in [1.807, 2.05) is 0 Å². The molecule has 1 fully saturated rings. The molecule has 20 heavy (non-hydrogen) atoms. The van der Waals surface area contributed by atoms with Crippen molar-refractivity contribution in [1.29, 1.82) is 0 Å². The van der Waals surface area contributed by atoms with Crippen molar-refractivity contribution in [3.05, 3.63) is 18.3 Å². The first-order chi connectivity index (χ1) is 9.81. The lowest BCUT2D eigenvalue weighted by atomic mass is 10.2. The topological polar surface area (TPSA) is 111 Å². The Morgan fingerprint density at radius 1 is 1.55 bits per heavy atom. The second-order valence-electron chi connectivity index (χ2n) is 4.56. The van der Waals surface area contributed by atoms with E-state index in [4.69, 9.17) is 4.42 Å². The van der Waals surface area contributed by atoms with Gasteiger partial charge in [0.1, 0.15) is 0 Å². The summed E-state index contributed by atoms with van der Waals surface area (Å²) in [6.45, 7) is 1.41. The van der Waals surface area contributed by atoms with Gasteiger partial charge in [0.2, 0.25) is 11.8 Å². The van der Waals surface area contributed by atoms with Gasteiger partial charge in [-0.1, -0.05) is 10.3 Å². The van der Waals surface area contributed by atoms with Crippen LogP contribution < -0.4 is 10.6 Å². The predicted molar refractivity (Wildman–Crippen MR) is 67.5 cm³/mol. The number of hydrogen-bond donors (Lipinski definition) is 2. The Labute approximate surface area is 114 Å². The molecule has 106 valence electrons. The number of aryl methyl sites for hydroxylation is 1. The summed E-state index contributed by atoms with van der Waals surface area (Å²) in [5.41, 5.74) is 0. The van der Waals surface area contributed by atoms with Crippen LogP contribution in [0.4, 0.5) is 6.01 Å². The Morgan fingerprint density at radius 2 is 2.50 bits per heavy atom. The lowest BCUT2D eigenvalue weighted by molar-refractivity contribution is -0.116. The van der Waals surface area contributed by atoms with E-state index < -0.39 is 0 Å². The summed E-state index contributed by atoms with van der Waals surface area (Å²) in [6.07, 6.45) is 5.60. The lowest BCUT2D eigenvalue weighted by Gasteiger charge is -2.03. The number of nitrogens with zero attached hydrogens (tertiary/aromatic N) is 5. The van der Waals surface area contributed by atoms with E-state index in [9.17, 15) is 4.79 Å². The van der Waals surface area contributed by atoms with Gasteiger partial charge in [-0.3, -0.25) is 14.8 Å². The zero-order valence-corrected chi connectivity index (χ0v) is 10.8.